The highest BCUT2D eigenvalue weighted by Gasteiger charge is 2.35. The lowest BCUT2D eigenvalue weighted by molar-refractivity contribution is 0.146. The number of hydrogen-bond donors (Lipinski definition) is 0. The average Bonchev–Trinajstić information content (AvgIpc) is 2.66. The van der Waals surface area contributed by atoms with Crippen LogP contribution in [0.15, 0.2) is 5.38 Å². The minimum atomic E-state index is 0.449. The Morgan fingerprint density at radius 2 is 2.11 bits per heavy atom. The first-order valence-corrected chi connectivity index (χ1v) is 8.71. The van der Waals surface area contributed by atoms with Crippen LogP contribution in [0.4, 0.5) is 0 Å². The van der Waals surface area contributed by atoms with Gasteiger partial charge in [0, 0.05) is 22.3 Å². The van der Waals surface area contributed by atoms with Crippen LogP contribution in [0.1, 0.15) is 50.7 Å². The van der Waals surface area contributed by atoms with Gasteiger partial charge >= 0.3 is 0 Å². The minimum Gasteiger partial charge on any atom is -0.247 e. The highest BCUT2D eigenvalue weighted by atomic mass is 79.9. The molecule has 18 heavy (non-hydrogen) atoms. The van der Waals surface area contributed by atoms with Gasteiger partial charge in [0.15, 0.2) is 0 Å². The number of nitrogens with zero attached hydrogens (tertiary/aromatic N) is 1. The average molecular weight is 330 g/mol. The predicted octanol–water partition coefficient (Wildman–Crippen LogP) is 5.22. The van der Waals surface area contributed by atoms with E-state index in [-0.39, 0.29) is 0 Å². The van der Waals surface area contributed by atoms with Crippen molar-refractivity contribution in [2.24, 2.45) is 17.3 Å². The fourth-order valence-electron chi connectivity index (χ4n) is 2.95. The largest absolute Gasteiger partial charge is 0.247 e. The van der Waals surface area contributed by atoms with E-state index in [9.17, 15) is 0 Å². The van der Waals surface area contributed by atoms with Gasteiger partial charge in [0.25, 0.3) is 0 Å². The highest BCUT2D eigenvalue weighted by Crippen LogP contribution is 2.43. The van der Waals surface area contributed by atoms with Crippen molar-refractivity contribution < 1.29 is 0 Å². The van der Waals surface area contributed by atoms with Crippen LogP contribution in [-0.4, -0.2) is 9.81 Å². The van der Waals surface area contributed by atoms with Crippen molar-refractivity contribution in [1.82, 2.24) is 4.98 Å². The van der Waals surface area contributed by atoms with Crippen molar-refractivity contribution in [3.05, 3.63) is 16.1 Å². The van der Waals surface area contributed by atoms with Crippen molar-refractivity contribution in [2.45, 2.75) is 58.2 Å². The smallest absolute Gasteiger partial charge is 0.0931 e. The van der Waals surface area contributed by atoms with Crippen LogP contribution < -0.4 is 0 Å². The Hall–Kier alpha value is 0.110. The van der Waals surface area contributed by atoms with Crippen LogP contribution in [-0.2, 0) is 6.42 Å². The Morgan fingerprint density at radius 1 is 1.39 bits per heavy atom. The maximum absolute atomic E-state index is 4.62. The molecule has 3 unspecified atom stereocenters. The van der Waals surface area contributed by atoms with E-state index in [4.69, 9.17) is 0 Å². The lowest BCUT2D eigenvalue weighted by Crippen LogP contribution is -2.33. The van der Waals surface area contributed by atoms with Gasteiger partial charge in [0.05, 0.1) is 5.01 Å². The molecular weight excluding hydrogens is 306 g/mol. The zero-order valence-corrected chi connectivity index (χ0v) is 14.3. The summed E-state index contributed by atoms with van der Waals surface area (Å²) in [7, 11) is 0. The van der Waals surface area contributed by atoms with Gasteiger partial charge in [-0.3, -0.25) is 0 Å². The Labute approximate surface area is 124 Å². The van der Waals surface area contributed by atoms with Crippen LogP contribution in [0.3, 0.4) is 0 Å². The number of alkyl halides is 1. The zero-order chi connectivity index (χ0) is 13.3. The van der Waals surface area contributed by atoms with E-state index in [0.29, 0.717) is 10.2 Å². The summed E-state index contributed by atoms with van der Waals surface area (Å²) >= 11 is 5.71. The number of halogens is 1. The second-order valence-corrected chi connectivity index (χ2v) is 8.86. The molecule has 1 saturated carbocycles. The number of aromatic nitrogens is 1. The lowest BCUT2D eigenvalue weighted by Gasteiger charge is -2.40. The molecule has 3 heteroatoms. The fourth-order valence-corrected chi connectivity index (χ4v) is 4.48. The van der Waals surface area contributed by atoms with Crippen molar-refractivity contribution in [1.29, 1.82) is 0 Å². The summed E-state index contributed by atoms with van der Waals surface area (Å²) < 4.78 is 0. The SMILES string of the molecule is Cc1csc(CC2CC(C(C)(C)C)CCC2Br)n1. The van der Waals surface area contributed by atoms with Crippen molar-refractivity contribution in [2.75, 3.05) is 0 Å². The van der Waals surface area contributed by atoms with Gasteiger partial charge in [-0.15, -0.1) is 11.3 Å². The van der Waals surface area contributed by atoms with E-state index in [1.165, 1.54) is 30.0 Å². The third-order valence-corrected chi connectivity index (χ3v) is 6.41. The summed E-state index contributed by atoms with van der Waals surface area (Å²) in [5, 5.41) is 3.49. The molecule has 0 aliphatic heterocycles. The highest BCUT2D eigenvalue weighted by molar-refractivity contribution is 9.09. The molecule has 2 rings (SSSR count). The van der Waals surface area contributed by atoms with Crippen LogP contribution in [0.5, 0.6) is 0 Å². The fraction of sp³-hybridized carbons (Fsp3) is 0.800. The molecule has 1 aliphatic rings. The number of hydrogen-bond acceptors (Lipinski definition) is 2. The molecule has 1 aromatic rings. The number of aryl methyl sites for hydroxylation is 1. The molecule has 0 radical (unpaired) electrons. The summed E-state index contributed by atoms with van der Waals surface area (Å²) in [6, 6.07) is 0. The maximum atomic E-state index is 4.62. The molecular formula is C15H24BrNS. The molecule has 0 saturated heterocycles. The minimum absolute atomic E-state index is 0.449. The Balaban J connectivity index is 2.02. The molecule has 3 atom stereocenters. The molecule has 0 spiro atoms. The van der Waals surface area contributed by atoms with Crippen LogP contribution in [0.2, 0.25) is 0 Å². The molecule has 1 aromatic heterocycles. The van der Waals surface area contributed by atoms with Gasteiger partial charge < -0.3 is 0 Å². The second kappa shape index (κ2) is 5.62. The van der Waals surface area contributed by atoms with E-state index < -0.39 is 0 Å². The molecule has 0 aromatic carbocycles. The molecule has 1 fully saturated rings. The first-order valence-electron chi connectivity index (χ1n) is 6.91. The topological polar surface area (TPSA) is 12.9 Å². The maximum Gasteiger partial charge on any atom is 0.0931 e. The molecule has 1 heterocycles. The zero-order valence-electron chi connectivity index (χ0n) is 11.9. The third-order valence-electron chi connectivity index (χ3n) is 4.22. The molecule has 0 N–H and O–H groups in total. The van der Waals surface area contributed by atoms with E-state index in [1.807, 2.05) is 11.3 Å². The molecule has 0 bridgehead atoms. The van der Waals surface area contributed by atoms with Crippen molar-refractivity contribution in [3.8, 4) is 0 Å². The monoisotopic (exact) mass is 329 g/mol. The molecule has 1 nitrogen and oxygen atoms in total. The summed E-state index contributed by atoms with van der Waals surface area (Å²) in [6.45, 7) is 9.24. The third kappa shape index (κ3) is 3.57. The Kier molecular flexibility index (Phi) is 4.53. The van der Waals surface area contributed by atoms with E-state index in [2.05, 4.69) is 54.0 Å². The van der Waals surface area contributed by atoms with Gasteiger partial charge in [0.1, 0.15) is 0 Å². The van der Waals surface area contributed by atoms with Crippen LogP contribution in [0, 0.1) is 24.2 Å². The van der Waals surface area contributed by atoms with Gasteiger partial charge in [-0.05, 0) is 43.4 Å². The van der Waals surface area contributed by atoms with Gasteiger partial charge in [-0.25, -0.2) is 4.98 Å². The van der Waals surface area contributed by atoms with Crippen LogP contribution in [0.25, 0.3) is 0 Å². The Morgan fingerprint density at radius 3 is 2.67 bits per heavy atom. The standard InChI is InChI=1S/C15H24BrNS/c1-10-9-18-14(17-10)8-11-7-12(15(2,3)4)5-6-13(11)16/h9,11-13H,5-8H2,1-4H3. The first kappa shape index (κ1) is 14.5. The number of rotatable bonds is 2. The lowest BCUT2D eigenvalue weighted by atomic mass is 9.68. The van der Waals surface area contributed by atoms with Gasteiger partial charge in [-0.1, -0.05) is 36.7 Å². The summed E-state index contributed by atoms with van der Waals surface area (Å²) in [4.78, 5) is 5.30. The summed E-state index contributed by atoms with van der Waals surface area (Å²) in [5.41, 5.74) is 1.62. The van der Waals surface area contributed by atoms with Crippen LogP contribution >= 0.6 is 27.3 Å². The molecule has 1 aliphatic carbocycles. The van der Waals surface area contributed by atoms with Gasteiger partial charge in [-0.2, -0.15) is 0 Å². The normalized spacial score (nSPS) is 29.5. The van der Waals surface area contributed by atoms with Gasteiger partial charge in [0.2, 0.25) is 0 Å². The first-order chi connectivity index (χ1) is 8.36. The quantitative estimate of drug-likeness (QED) is 0.678. The van der Waals surface area contributed by atoms with Crippen molar-refractivity contribution in [3.63, 3.8) is 0 Å². The summed E-state index contributed by atoms with van der Waals surface area (Å²) in [5.74, 6) is 1.62. The van der Waals surface area contributed by atoms with Crippen molar-refractivity contribution >= 4 is 27.3 Å². The number of thiazole rings is 1. The van der Waals surface area contributed by atoms with E-state index in [0.717, 1.165) is 18.3 Å². The molecule has 0 amide bonds. The predicted molar refractivity (Wildman–Crippen MR) is 83.6 cm³/mol. The molecule has 102 valence electrons. The Bertz CT molecular complexity index is 393. The summed E-state index contributed by atoms with van der Waals surface area (Å²) in [6.07, 6.45) is 5.18. The second-order valence-electron chi connectivity index (χ2n) is 6.74. The van der Waals surface area contributed by atoms with E-state index in [1.54, 1.807) is 0 Å². The van der Waals surface area contributed by atoms with E-state index >= 15 is 0 Å².